The molecule has 1 aliphatic carbocycles. The van der Waals surface area contributed by atoms with Crippen LogP contribution in [-0.2, 0) is 6.54 Å². The van der Waals surface area contributed by atoms with Gasteiger partial charge in [0.2, 0.25) is 0 Å². The van der Waals surface area contributed by atoms with E-state index in [2.05, 4.69) is 4.98 Å². The molecule has 0 unspecified atom stereocenters. The predicted molar refractivity (Wildman–Crippen MR) is 58.7 cm³/mol. The van der Waals surface area contributed by atoms with E-state index in [1.54, 1.807) is 12.1 Å². The number of nitrogens with zero attached hydrogens (tertiary/aromatic N) is 2. The maximum atomic E-state index is 12.4. The zero-order valence-corrected chi connectivity index (χ0v) is 9.80. The molecular weight excluding hydrogens is 253 g/mol. The van der Waals surface area contributed by atoms with Crippen molar-refractivity contribution in [3.8, 4) is 0 Å². The molecule has 2 rings (SSSR count). The van der Waals surface area contributed by atoms with Crippen LogP contribution in [-0.4, -0.2) is 28.6 Å². The number of rotatable bonds is 4. The van der Waals surface area contributed by atoms with Gasteiger partial charge in [0.1, 0.15) is 5.15 Å². The van der Waals surface area contributed by atoms with Gasteiger partial charge in [0.15, 0.2) is 0 Å². The predicted octanol–water partition coefficient (Wildman–Crippen LogP) is 3.26. The molecule has 0 spiro atoms. The number of pyridine rings is 1. The van der Waals surface area contributed by atoms with Crippen LogP contribution in [0.4, 0.5) is 13.2 Å². The number of halogens is 4. The fourth-order valence-electron chi connectivity index (χ4n) is 1.72. The van der Waals surface area contributed by atoms with Crippen molar-refractivity contribution in [3.05, 3.63) is 29.0 Å². The summed E-state index contributed by atoms with van der Waals surface area (Å²) in [5.74, 6) is 0. The second-order valence-electron chi connectivity index (χ2n) is 4.24. The summed E-state index contributed by atoms with van der Waals surface area (Å²) in [6.45, 7) is -0.589. The highest BCUT2D eigenvalue weighted by molar-refractivity contribution is 6.29. The quantitative estimate of drug-likeness (QED) is 0.776. The first-order valence-corrected chi connectivity index (χ1v) is 5.73. The van der Waals surface area contributed by atoms with Crippen molar-refractivity contribution in [3.63, 3.8) is 0 Å². The normalized spacial score (nSPS) is 16.5. The van der Waals surface area contributed by atoms with E-state index in [9.17, 15) is 13.2 Å². The average Bonchev–Trinajstić information content (AvgIpc) is 3.01. The topological polar surface area (TPSA) is 16.1 Å². The van der Waals surface area contributed by atoms with Crippen LogP contribution in [0.15, 0.2) is 18.3 Å². The molecule has 1 saturated carbocycles. The minimum absolute atomic E-state index is 0.0623. The Labute approximate surface area is 102 Å². The first-order valence-electron chi connectivity index (χ1n) is 5.35. The standard InChI is InChI=1S/C11H12ClF3N2/c12-10-4-1-8(5-16-10)6-17(9-2-3-9)7-11(13,14)15/h1,4-5,9H,2-3,6-7H2. The van der Waals surface area contributed by atoms with E-state index < -0.39 is 12.7 Å². The summed E-state index contributed by atoms with van der Waals surface area (Å²) in [7, 11) is 0. The van der Waals surface area contributed by atoms with Crippen LogP contribution < -0.4 is 0 Å². The molecule has 1 heterocycles. The van der Waals surface area contributed by atoms with Crippen LogP contribution >= 0.6 is 11.6 Å². The van der Waals surface area contributed by atoms with Gasteiger partial charge in [-0.15, -0.1) is 0 Å². The van der Waals surface area contributed by atoms with Crippen LogP contribution in [0.25, 0.3) is 0 Å². The van der Waals surface area contributed by atoms with Crippen molar-refractivity contribution in [2.24, 2.45) is 0 Å². The van der Waals surface area contributed by atoms with Gasteiger partial charge in [0, 0.05) is 18.8 Å². The van der Waals surface area contributed by atoms with E-state index in [1.807, 2.05) is 0 Å². The first kappa shape index (κ1) is 12.6. The Morgan fingerprint density at radius 2 is 2.06 bits per heavy atom. The minimum Gasteiger partial charge on any atom is -0.288 e. The molecule has 1 aromatic heterocycles. The van der Waals surface area contributed by atoms with E-state index in [1.165, 1.54) is 11.1 Å². The molecule has 94 valence electrons. The van der Waals surface area contributed by atoms with Crippen molar-refractivity contribution in [2.75, 3.05) is 6.54 Å². The Balaban J connectivity index is 2.00. The zero-order valence-electron chi connectivity index (χ0n) is 9.04. The largest absolute Gasteiger partial charge is 0.401 e. The Morgan fingerprint density at radius 1 is 1.35 bits per heavy atom. The van der Waals surface area contributed by atoms with Crippen molar-refractivity contribution >= 4 is 11.6 Å². The van der Waals surface area contributed by atoms with E-state index >= 15 is 0 Å². The molecule has 1 fully saturated rings. The average molecular weight is 265 g/mol. The highest BCUT2D eigenvalue weighted by Gasteiger charge is 2.37. The number of hydrogen-bond acceptors (Lipinski definition) is 2. The maximum absolute atomic E-state index is 12.4. The third-order valence-electron chi connectivity index (χ3n) is 2.62. The first-order chi connectivity index (χ1) is 7.94. The molecule has 17 heavy (non-hydrogen) atoms. The van der Waals surface area contributed by atoms with E-state index in [-0.39, 0.29) is 12.6 Å². The molecular formula is C11H12ClF3N2. The molecule has 0 aromatic carbocycles. The summed E-state index contributed by atoms with van der Waals surface area (Å²) in [5, 5.41) is 0.350. The van der Waals surface area contributed by atoms with Gasteiger partial charge in [0.05, 0.1) is 6.54 Å². The van der Waals surface area contributed by atoms with Crippen LogP contribution in [0.5, 0.6) is 0 Å². The van der Waals surface area contributed by atoms with Gasteiger partial charge in [-0.25, -0.2) is 4.98 Å². The number of hydrogen-bond donors (Lipinski definition) is 0. The second kappa shape index (κ2) is 4.82. The van der Waals surface area contributed by atoms with Crippen LogP contribution in [0.1, 0.15) is 18.4 Å². The summed E-state index contributed by atoms with van der Waals surface area (Å²) in [4.78, 5) is 5.32. The van der Waals surface area contributed by atoms with E-state index in [4.69, 9.17) is 11.6 Å². The van der Waals surface area contributed by atoms with E-state index in [0.29, 0.717) is 5.15 Å². The van der Waals surface area contributed by atoms with Gasteiger partial charge in [-0.1, -0.05) is 17.7 Å². The molecule has 6 heteroatoms. The Morgan fingerprint density at radius 3 is 2.53 bits per heavy atom. The Kier molecular flexibility index (Phi) is 3.58. The SMILES string of the molecule is FC(F)(F)CN(Cc1ccc(Cl)nc1)C1CC1. The lowest BCUT2D eigenvalue weighted by atomic mass is 10.2. The highest BCUT2D eigenvalue weighted by atomic mass is 35.5. The summed E-state index contributed by atoms with van der Waals surface area (Å²) in [6, 6.07) is 3.36. The van der Waals surface area contributed by atoms with Gasteiger partial charge in [-0.05, 0) is 24.5 Å². The monoisotopic (exact) mass is 264 g/mol. The molecule has 2 nitrogen and oxygen atoms in total. The van der Waals surface area contributed by atoms with Crippen LogP contribution in [0.2, 0.25) is 5.15 Å². The smallest absolute Gasteiger partial charge is 0.288 e. The van der Waals surface area contributed by atoms with Gasteiger partial charge in [-0.2, -0.15) is 13.2 Å². The molecule has 0 bridgehead atoms. The molecule has 0 atom stereocenters. The van der Waals surface area contributed by atoms with Gasteiger partial charge in [0.25, 0.3) is 0 Å². The minimum atomic E-state index is -4.15. The third kappa shape index (κ3) is 4.16. The molecule has 0 radical (unpaired) electrons. The lowest BCUT2D eigenvalue weighted by Crippen LogP contribution is -2.35. The second-order valence-corrected chi connectivity index (χ2v) is 4.63. The van der Waals surface area contributed by atoms with E-state index in [0.717, 1.165) is 18.4 Å². The fraction of sp³-hybridized carbons (Fsp3) is 0.545. The highest BCUT2D eigenvalue weighted by Crippen LogP contribution is 2.31. The Bertz CT molecular complexity index is 373. The molecule has 0 amide bonds. The lowest BCUT2D eigenvalue weighted by molar-refractivity contribution is -0.148. The molecule has 1 aromatic rings. The van der Waals surface area contributed by atoms with Gasteiger partial charge >= 0.3 is 6.18 Å². The lowest BCUT2D eigenvalue weighted by Gasteiger charge is -2.23. The number of alkyl halides is 3. The summed E-state index contributed by atoms with van der Waals surface area (Å²) < 4.78 is 37.1. The van der Waals surface area contributed by atoms with Crippen molar-refractivity contribution in [1.29, 1.82) is 0 Å². The molecule has 0 saturated heterocycles. The van der Waals surface area contributed by atoms with Crippen molar-refractivity contribution < 1.29 is 13.2 Å². The third-order valence-corrected chi connectivity index (χ3v) is 2.84. The van der Waals surface area contributed by atoms with Crippen molar-refractivity contribution in [2.45, 2.75) is 31.6 Å². The van der Waals surface area contributed by atoms with Gasteiger partial charge < -0.3 is 0 Å². The summed E-state index contributed by atoms with van der Waals surface area (Å²) >= 11 is 5.62. The zero-order chi connectivity index (χ0) is 12.5. The summed E-state index contributed by atoms with van der Waals surface area (Å²) in [5.41, 5.74) is 0.755. The fourth-order valence-corrected chi connectivity index (χ4v) is 1.83. The Hall–Kier alpha value is -0.810. The van der Waals surface area contributed by atoms with Crippen LogP contribution in [0, 0.1) is 0 Å². The number of aromatic nitrogens is 1. The molecule has 0 aliphatic heterocycles. The molecule has 0 N–H and O–H groups in total. The van der Waals surface area contributed by atoms with Gasteiger partial charge in [-0.3, -0.25) is 4.90 Å². The van der Waals surface area contributed by atoms with Crippen molar-refractivity contribution in [1.82, 2.24) is 9.88 Å². The molecule has 1 aliphatic rings. The summed E-state index contributed by atoms with van der Waals surface area (Å²) in [6.07, 6.45) is -0.940. The van der Waals surface area contributed by atoms with Crippen LogP contribution in [0.3, 0.4) is 0 Å². The maximum Gasteiger partial charge on any atom is 0.401 e.